The van der Waals surface area contributed by atoms with Crippen molar-refractivity contribution >= 4 is 17.5 Å². The minimum Gasteiger partial charge on any atom is -0.339 e. The van der Waals surface area contributed by atoms with Crippen LogP contribution >= 0.6 is 0 Å². The Morgan fingerprint density at radius 2 is 1.64 bits per heavy atom. The number of amides is 2. The van der Waals surface area contributed by atoms with Crippen LogP contribution in [0.1, 0.15) is 32.1 Å². The molecule has 0 radical (unpaired) electrons. The van der Waals surface area contributed by atoms with Crippen LogP contribution in [0, 0.1) is 0 Å². The summed E-state index contributed by atoms with van der Waals surface area (Å²) in [6.07, 6.45) is 4.86. The van der Waals surface area contributed by atoms with Crippen LogP contribution in [0.3, 0.4) is 0 Å². The van der Waals surface area contributed by atoms with E-state index in [2.05, 4.69) is 10.2 Å². The van der Waals surface area contributed by atoms with Gasteiger partial charge in [0, 0.05) is 31.9 Å². The number of hydrogen-bond donors (Lipinski definition) is 2. The van der Waals surface area contributed by atoms with Gasteiger partial charge in [0.05, 0.1) is 12.1 Å². The highest BCUT2D eigenvalue weighted by Crippen LogP contribution is 2.28. The number of benzene rings is 1. The van der Waals surface area contributed by atoms with Gasteiger partial charge < -0.3 is 16.0 Å². The van der Waals surface area contributed by atoms with Gasteiger partial charge in [0.15, 0.2) is 0 Å². The van der Waals surface area contributed by atoms with Crippen LogP contribution in [0.15, 0.2) is 30.3 Å². The first-order valence-corrected chi connectivity index (χ1v) is 9.22. The zero-order valence-corrected chi connectivity index (χ0v) is 14.7. The monoisotopic (exact) mass is 344 g/mol. The molecule has 0 unspecified atom stereocenters. The van der Waals surface area contributed by atoms with Crippen molar-refractivity contribution in [3.63, 3.8) is 0 Å². The summed E-state index contributed by atoms with van der Waals surface area (Å²) in [4.78, 5) is 28.9. The molecule has 3 N–H and O–H groups in total. The van der Waals surface area contributed by atoms with Crippen molar-refractivity contribution < 1.29 is 9.59 Å². The maximum Gasteiger partial charge on any atom is 0.242 e. The summed E-state index contributed by atoms with van der Waals surface area (Å²) in [5.41, 5.74) is 6.51. The third kappa shape index (κ3) is 4.58. The Morgan fingerprint density at radius 3 is 2.28 bits per heavy atom. The van der Waals surface area contributed by atoms with Crippen LogP contribution in [0.2, 0.25) is 0 Å². The molecule has 1 saturated heterocycles. The second-order valence-corrected chi connectivity index (χ2v) is 7.20. The molecule has 0 atom stereocenters. The zero-order chi connectivity index (χ0) is 17.7. The van der Waals surface area contributed by atoms with Gasteiger partial charge in [0.1, 0.15) is 0 Å². The fourth-order valence-corrected chi connectivity index (χ4v) is 3.75. The highest BCUT2D eigenvalue weighted by atomic mass is 16.2. The molecular formula is C19H28N4O2. The molecule has 0 bridgehead atoms. The third-order valence-corrected chi connectivity index (χ3v) is 5.26. The van der Waals surface area contributed by atoms with E-state index in [4.69, 9.17) is 5.73 Å². The normalized spacial score (nSPS) is 20.9. The molecule has 2 aliphatic rings. The number of carbonyl (C=O) groups excluding carboxylic acids is 2. The number of para-hydroxylation sites is 1. The minimum absolute atomic E-state index is 0.0199. The molecule has 0 spiro atoms. The largest absolute Gasteiger partial charge is 0.339 e. The molecule has 1 aromatic rings. The second-order valence-electron chi connectivity index (χ2n) is 7.20. The van der Waals surface area contributed by atoms with Gasteiger partial charge in [-0.1, -0.05) is 37.5 Å². The van der Waals surface area contributed by atoms with E-state index >= 15 is 0 Å². The SMILES string of the molecule is NC1(C(=O)N2CCN(CC(=O)Nc3ccccc3)CC2)CCCCC1. The van der Waals surface area contributed by atoms with E-state index in [0.717, 1.165) is 31.4 Å². The Bertz CT molecular complexity index is 591. The Labute approximate surface area is 149 Å². The fourth-order valence-electron chi connectivity index (χ4n) is 3.75. The van der Waals surface area contributed by atoms with E-state index in [1.54, 1.807) is 0 Å². The van der Waals surface area contributed by atoms with E-state index in [1.807, 2.05) is 35.2 Å². The van der Waals surface area contributed by atoms with E-state index in [9.17, 15) is 9.59 Å². The molecule has 3 rings (SSSR count). The smallest absolute Gasteiger partial charge is 0.242 e. The number of carbonyl (C=O) groups is 2. The molecule has 2 fully saturated rings. The van der Waals surface area contributed by atoms with Gasteiger partial charge in [-0.15, -0.1) is 0 Å². The molecule has 1 heterocycles. The molecule has 136 valence electrons. The Balaban J connectivity index is 1.45. The fraction of sp³-hybridized carbons (Fsp3) is 0.579. The summed E-state index contributed by atoms with van der Waals surface area (Å²) < 4.78 is 0. The third-order valence-electron chi connectivity index (χ3n) is 5.26. The lowest BCUT2D eigenvalue weighted by Gasteiger charge is -2.40. The highest BCUT2D eigenvalue weighted by molar-refractivity contribution is 5.92. The van der Waals surface area contributed by atoms with Crippen LogP contribution in [0.5, 0.6) is 0 Å². The molecule has 1 aliphatic heterocycles. The Hall–Kier alpha value is -1.92. The van der Waals surface area contributed by atoms with Crippen LogP contribution in [0.25, 0.3) is 0 Å². The summed E-state index contributed by atoms with van der Waals surface area (Å²) in [5.74, 6) is 0.0779. The van der Waals surface area contributed by atoms with Crippen molar-refractivity contribution in [2.75, 3.05) is 38.0 Å². The Morgan fingerprint density at radius 1 is 1.00 bits per heavy atom. The quantitative estimate of drug-likeness (QED) is 0.866. The average Bonchev–Trinajstić information content (AvgIpc) is 2.63. The molecular weight excluding hydrogens is 316 g/mol. The van der Waals surface area contributed by atoms with E-state index in [0.29, 0.717) is 32.7 Å². The van der Waals surface area contributed by atoms with Gasteiger partial charge in [-0.2, -0.15) is 0 Å². The van der Waals surface area contributed by atoms with Gasteiger partial charge in [-0.05, 0) is 25.0 Å². The first-order valence-electron chi connectivity index (χ1n) is 9.22. The standard InChI is InChI=1S/C19H28N4O2/c20-19(9-5-2-6-10-19)18(25)23-13-11-22(12-14-23)15-17(24)21-16-7-3-1-4-8-16/h1,3-4,7-8H,2,5-6,9-15,20H2,(H,21,24). The van der Waals surface area contributed by atoms with Crippen molar-refractivity contribution in [3.05, 3.63) is 30.3 Å². The van der Waals surface area contributed by atoms with Crippen molar-refractivity contribution in [2.24, 2.45) is 5.73 Å². The minimum atomic E-state index is -0.662. The molecule has 1 aliphatic carbocycles. The van der Waals surface area contributed by atoms with Crippen molar-refractivity contribution in [1.82, 2.24) is 9.80 Å². The molecule has 2 amide bonds. The maximum absolute atomic E-state index is 12.7. The second kappa shape index (κ2) is 7.97. The summed E-state index contributed by atoms with van der Waals surface area (Å²) in [5, 5.41) is 2.90. The number of piperazine rings is 1. The van der Waals surface area contributed by atoms with Crippen LogP contribution < -0.4 is 11.1 Å². The van der Waals surface area contributed by atoms with Gasteiger partial charge in [0.25, 0.3) is 0 Å². The van der Waals surface area contributed by atoms with Gasteiger partial charge >= 0.3 is 0 Å². The molecule has 1 aromatic carbocycles. The van der Waals surface area contributed by atoms with Crippen molar-refractivity contribution in [1.29, 1.82) is 0 Å². The van der Waals surface area contributed by atoms with Crippen LogP contribution in [-0.2, 0) is 9.59 Å². The van der Waals surface area contributed by atoms with E-state index < -0.39 is 5.54 Å². The molecule has 6 heteroatoms. The predicted octanol–water partition coefficient (Wildman–Crippen LogP) is 1.43. The Kier molecular flexibility index (Phi) is 5.71. The predicted molar refractivity (Wildman–Crippen MR) is 98.1 cm³/mol. The van der Waals surface area contributed by atoms with Crippen molar-refractivity contribution in [3.8, 4) is 0 Å². The number of nitrogens with zero attached hydrogens (tertiary/aromatic N) is 2. The number of rotatable bonds is 4. The first-order chi connectivity index (χ1) is 12.1. The van der Waals surface area contributed by atoms with Crippen molar-refractivity contribution in [2.45, 2.75) is 37.6 Å². The van der Waals surface area contributed by atoms with Crippen LogP contribution in [0.4, 0.5) is 5.69 Å². The summed E-state index contributed by atoms with van der Waals surface area (Å²) in [6, 6.07) is 9.46. The van der Waals surface area contributed by atoms with E-state index in [-0.39, 0.29) is 11.8 Å². The lowest BCUT2D eigenvalue weighted by Crippen LogP contribution is -2.60. The summed E-state index contributed by atoms with van der Waals surface area (Å²) in [7, 11) is 0. The summed E-state index contributed by atoms with van der Waals surface area (Å²) in [6.45, 7) is 3.07. The molecule has 6 nitrogen and oxygen atoms in total. The average molecular weight is 344 g/mol. The number of nitrogens with one attached hydrogen (secondary N) is 1. The van der Waals surface area contributed by atoms with Gasteiger partial charge in [-0.3, -0.25) is 14.5 Å². The van der Waals surface area contributed by atoms with Crippen LogP contribution in [-0.4, -0.2) is 59.9 Å². The molecule has 1 saturated carbocycles. The number of hydrogen-bond acceptors (Lipinski definition) is 4. The zero-order valence-electron chi connectivity index (χ0n) is 14.7. The van der Waals surface area contributed by atoms with E-state index in [1.165, 1.54) is 6.42 Å². The van der Waals surface area contributed by atoms with Gasteiger partial charge in [0.2, 0.25) is 11.8 Å². The highest BCUT2D eigenvalue weighted by Gasteiger charge is 2.39. The topological polar surface area (TPSA) is 78.7 Å². The molecule has 25 heavy (non-hydrogen) atoms. The lowest BCUT2D eigenvalue weighted by molar-refractivity contribution is -0.140. The van der Waals surface area contributed by atoms with Gasteiger partial charge in [-0.25, -0.2) is 0 Å². The number of nitrogens with two attached hydrogens (primary N) is 1. The number of anilines is 1. The first kappa shape index (κ1) is 17.9. The molecule has 0 aromatic heterocycles. The maximum atomic E-state index is 12.7. The lowest BCUT2D eigenvalue weighted by atomic mass is 9.81. The summed E-state index contributed by atoms with van der Waals surface area (Å²) >= 11 is 0.